The van der Waals surface area contributed by atoms with Crippen LogP contribution in [0, 0.1) is 12.5 Å². The highest BCUT2D eigenvalue weighted by molar-refractivity contribution is 7.93. The number of terminal acetylenes is 1. The molecule has 18 heavy (non-hydrogen) atoms. The highest BCUT2D eigenvalue weighted by Gasteiger charge is 2.34. The lowest BCUT2D eigenvalue weighted by Crippen LogP contribution is -2.13. The predicted molar refractivity (Wildman–Crippen MR) is 60.8 cm³/mol. The number of hydrogen-bond donors (Lipinski definition) is 0. The molecule has 0 aliphatic carbocycles. The minimum atomic E-state index is -4.60. The second-order valence-corrected chi connectivity index (χ2v) is 6.17. The molecule has 8 heteroatoms. The Labute approximate surface area is 103 Å². The molecule has 2 unspecified atom stereocenters. The van der Waals surface area contributed by atoms with Gasteiger partial charge in [0, 0.05) is 30.3 Å². The second kappa shape index (κ2) is 4.94. The third-order valence-corrected chi connectivity index (χ3v) is 4.34. The molecule has 0 bridgehead atoms. The SMILES string of the molecule is C#CN=S(C)(=O)C(C)c1cnc(C(F)(F)F)nc1. The number of alkyl halides is 3. The zero-order valence-electron chi connectivity index (χ0n) is 9.60. The molecule has 0 aliphatic heterocycles. The first-order chi connectivity index (χ1) is 8.18. The van der Waals surface area contributed by atoms with Crippen molar-refractivity contribution in [3.8, 4) is 12.5 Å². The van der Waals surface area contributed by atoms with Gasteiger partial charge >= 0.3 is 6.18 Å². The fraction of sp³-hybridized carbons (Fsp3) is 0.400. The quantitative estimate of drug-likeness (QED) is 0.779. The van der Waals surface area contributed by atoms with Crippen LogP contribution in [-0.2, 0) is 15.9 Å². The summed E-state index contributed by atoms with van der Waals surface area (Å²) in [6.07, 6.45) is 3.63. The van der Waals surface area contributed by atoms with Crippen LogP contribution in [0.25, 0.3) is 0 Å². The monoisotopic (exact) mass is 277 g/mol. The molecule has 0 aliphatic rings. The summed E-state index contributed by atoms with van der Waals surface area (Å²) in [6.45, 7) is 1.54. The van der Waals surface area contributed by atoms with E-state index in [0.717, 1.165) is 12.4 Å². The van der Waals surface area contributed by atoms with Crippen molar-refractivity contribution >= 4 is 9.73 Å². The number of halogens is 3. The van der Waals surface area contributed by atoms with Crippen molar-refractivity contribution in [3.63, 3.8) is 0 Å². The first-order valence-electron chi connectivity index (χ1n) is 4.73. The van der Waals surface area contributed by atoms with Crippen LogP contribution in [0.15, 0.2) is 16.8 Å². The topological polar surface area (TPSA) is 55.2 Å². The average molecular weight is 277 g/mol. The third kappa shape index (κ3) is 3.20. The molecule has 0 N–H and O–H groups in total. The van der Waals surface area contributed by atoms with Crippen LogP contribution in [0.2, 0.25) is 0 Å². The maximum atomic E-state index is 12.2. The fourth-order valence-electron chi connectivity index (χ4n) is 1.13. The Morgan fingerprint density at radius 2 is 1.94 bits per heavy atom. The van der Waals surface area contributed by atoms with E-state index >= 15 is 0 Å². The minimum absolute atomic E-state index is 0.287. The lowest BCUT2D eigenvalue weighted by atomic mass is 10.2. The summed E-state index contributed by atoms with van der Waals surface area (Å²) in [5.74, 6) is -1.24. The van der Waals surface area contributed by atoms with Gasteiger partial charge in [-0.15, -0.1) is 4.36 Å². The van der Waals surface area contributed by atoms with Crippen molar-refractivity contribution in [2.75, 3.05) is 6.26 Å². The van der Waals surface area contributed by atoms with Crippen LogP contribution in [-0.4, -0.2) is 20.4 Å². The Hall–Kier alpha value is -1.62. The maximum absolute atomic E-state index is 12.2. The van der Waals surface area contributed by atoms with E-state index in [2.05, 4.69) is 14.3 Å². The molecular formula is C10H10F3N3OS. The van der Waals surface area contributed by atoms with Crippen molar-refractivity contribution in [1.29, 1.82) is 0 Å². The lowest BCUT2D eigenvalue weighted by Gasteiger charge is -2.12. The van der Waals surface area contributed by atoms with Crippen LogP contribution in [0.5, 0.6) is 0 Å². The van der Waals surface area contributed by atoms with Crippen molar-refractivity contribution in [2.45, 2.75) is 18.3 Å². The molecule has 1 rings (SSSR count). The van der Waals surface area contributed by atoms with E-state index in [0.29, 0.717) is 0 Å². The zero-order chi connectivity index (χ0) is 14.0. The maximum Gasteiger partial charge on any atom is 0.451 e. The Morgan fingerprint density at radius 3 is 2.33 bits per heavy atom. The molecule has 2 atom stereocenters. The Bertz CT molecular complexity index is 580. The standard InChI is InChI=1S/C10H10F3N3OS/c1-4-16-18(3,17)7(2)8-5-14-9(15-6-8)10(11,12)13/h1,5-7H,2-3H3. The average Bonchev–Trinajstić information content (AvgIpc) is 2.27. The zero-order valence-corrected chi connectivity index (χ0v) is 10.4. The summed E-state index contributed by atoms with van der Waals surface area (Å²) in [6, 6.07) is 1.92. The summed E-state index contributed by atoms with van der Waals surface area (Å²) >= 11 is 0. The summed E-state index contributed by atoms with van der Waals surface area (Å²) in [7, 11) is -2.73. The fourth-order valence-corrected chi connectivity index (χ4v) is 2.12. The van der Waals surface area contributed by atoms with E-state index in [1.807, 2.05) is 6.04 Å². The Morgan fingerprint density at radius 1 is 1.44 bits per heavy atom. The van der Waals surface area contributed by atoms with Crippen LogP contribution in [0.3, 0.4) is 0 Å². The first kappa shape index (κ1) is 14.4. The molecule has 0 spiro atoms. The van der Waals surface area contributed by atoms with Gasteiger partial charge in [0.25, 0.3) is 0 Å². The molecule has 0 aromatic carbocycles. The van der Waals surface area contributed by atoms with Gasteiger partial charge in [-0.1, -0.05) is 6.42 Å². The molecule has 1 aromatic rings. The number of rotatable bonds is 2. The molecule has 4 nitrogen and oxygen atoms in total. The van der Waals surface area contributed by atoms with Gasteiger partial charge in [-0.25, -0.2) is 14.2 Å². The molecule has 1 aromatic heterocycles. The highest BCUT2D eigenvalue weighted by Crippen LogP contribution is 2.27. The van der Waals surface area contributed by atoms with Crippen LogP contribution >= 0.6 is 0 Å². The van der Waals surface area contributed by atoms with E-state index < -0.39 is 27.0 Å². The van der Waals surface area contributed by atoms with Gasteiger partial charge in [-0.05, 0) is 6.92 Å². The van der Waals surface area contributed by atoms with Gasteiger partial charge in [0.15, 0.2) is 0 Å². The molecule has 0 radical (unpaired) electrons. The number of hydrogen-bond acceptors (Lipinski definition) is 4. The second-order valence-electron chi connectivity index (χ2n) is 3.56. The Kier molecular flexibility index (Phi) is 3.96. The summed E-state index contributed by atoms with van der Waals surface area (Å²) < 4.78 is 52.2. The Balaban J connectivity index is 3.12. The highest BCUT2D eigenvalue weighted by atomic mass is 32.2. The van der Waals surface area contributed by atoms with E-state index in [4.69, 9.17) is 6.42 Å². The van der Waals surface area contributed by atoms with Gasteiger partial charge < -0.3 is 0 Å². The van der Waals surface area contributed by atoms with Gasteiger partial charge in [0.2, 0.25) is 5.82 Å². The minimum Gasteiger partial charge on any atom is -0.248 e. The van der Waals surface area contributed by atoms with Crippen molar-refractivity contribution in [1.82, 2.24) is 9.97 Å². The molecule has 1 heterocycles. The summed E-state index contributed by atoms with van der Waals surface area (Å²) in [4.78, 5) is 6.38. The van der Waals surface area contributed by atoms with Gasteiger partial charge in [-0.2, -0.15) is 13.2 Å². The largest absolute Gasteiger partial charge is 0.451 e. The summed E-state index contributed by atoms with van der Waals surface area (Å²) in [5, 5.41) is -0.657. The van der Waals surface area contributed by atoms with Crippen molar-refractivity contribution in [3.05, 3.63) is 23.8 Å². The van der Waals surface area contributed by atoms with Gasteiger partial charge in [0.1, 0.15) is 0 Å². The molecule has 0 fully saturated rings. The van der Waals surface area contributed by atoms with Gasteiger partial charge in [-0.3, -0.25) is 0 Å². The van der Waals surface area contributed by atoms with Crippen molar-refractivity contribution in [2.24, 2.45) is 4.36 Å². The van der Waals surface area contributed by atoms with E-state index in [-0.39, 0.29) is 5.56 Å². The van der Waals surface area contributed by atoms with E-state index in [1.165, 1.54) is 13.2 Å². The molecular weight excluding hydrogens is 267 g/mol. The summed E-state index contributed by atoms with van der Waals surface area (Å²) in [5.41, 5.74) is 0.287. The molecule has 98 valence electrons. The normalized spacial score (nSPS) is 16.4. The molecule has 0 saturated carbocycles. The van der Waals surface area contributed by atoms with E-state index in [9.17, 15) is 17.4 Å². The molecule has 0 amide bonds. The van der Waals surface area contributed by atoms with Crippen LogP contribution in [0.1, 0.15) is 23.6 Å². The van der Waals surface area contributed by atoms with E-state index in [1.54, 1.807) is 0 Å². The predicted octanol–water partition coefficient (Wildman–Crippen LogP) is 2.24. The molecule has 0 saturated heterocycles. The number of aromatic nitrogens is 2. The lowest BCUT2D eigenvalue weighted by molar-refractivity contribution is -0.145. The van der Waals surface area contributed by atoms with Gasteiger partial charge in [0.05, 0.1) is 15.0 Å². The number of nitrogens with zero attached hydrogens (tertiary/aromatic N) is 3. The smallest absolute Gasteiger partial charge is 0.248 e. The first-order valence-corrected chi connectivity index (χ1v) is 6.72. The van der Waals surface area contributed by atoms with Crippen LogP contribution in [0.4, 0.5) is 13.2 Å². The van der Waals surface area contributed by atoms with Crippen molar-refractivity contribution < 1.29 is 17.4 Å². The third-order valence-electron chi connectivity index (χ3n) is 2.28. The van der Waals surface area contributed by atoms with Crippen LogP contribution < -0.4 is 0 Å².